The standard InChI is InChI=1S/C12H19N3O/c1-4-5-8(16)9-11(14)6(2)10(13)7(3)12(9)15/h4-5,13-15H2,1-3H3. The largest absolute Gasteiger partial charge is 0.398 e. The molecule has 0 aliphatic carbocycles. The van der Waals surface area contributed by atoms with Crippen LogP contribution in [0.15, 0.2) is 0 Å². The Hall–Kier alpha value is -1.71. The molecule has 0 saturated heterocycles. The molecule has 0 fully saturated rings. The Morgan fingerprint density at radius 1 is 1.00 bits per heavy atom. The third-order valence-corrected chi connectivity index (χ3v) is 2.91. The summed E-state index contributed by atoms with van der Waals surface area (Å²) >= 11 is 0. The molecule has 16 heavy (non-hydrogen) atoms. The van der Waals surface area contributed by atoms with E-state index in [-0.39, 0.29) is 5.78 Å². The van der Waals surface area contributed by atoms with Gasteiger partial charge in [-0.1, -0.05) is 6.92 Å². The van der Waals surface area contributed by atoms with E-state index < -0.39 is 0 Å². The topological polar surface area (TPSA) is 95.1 Å². The van der Waals surface area contributed by atoms with E-state index >= 15 is 0 Å². The highest BCUT2D eigenvalue weighted by Gasteiger charge is 2.19. The smallest absolute Gasteiger partial charge is 0.167 e. The molecule has 0 aliphatic heterocycles. The zero-order valence-electron chi connectivity index (χ0n) is 10.1. The summed E-state index contributed by atoms with van der Waals surface area (Å²) in [7, 11) is 0. The number of benzene rings is 1. The molecule has 0 spiro atoms. The van der Waals surface area contributed by atoms with Crippen LogP contribution in [0.3, 0.4) is 0 Å². The van der Waals surface area contributed by atoms with Crippen LogP contribution in [0.5, 0.6) is 0 Å². The second kappa shape index (κ2) is 4.43. The number of ketones is 1. The predicted octanol–water partition coefficient (Wildman–Crippen LogP) is 2.03. The minimum Gasteiger partial charge on any atom is -0.398 e. The Morgan fingerprint density at radius 2 is 1.44 bits per heavy atom. The van der Waals surface area contributed by atoms with Crippen molar-refractivity contribution in [3.63, 3.8) is 0 Å². The molecule has 0 saturated carbocycles. The van der Waals surface area contributed by atoms with Gasteiger partial charge in [0.05, 0.1) is 5.56 Å². The minimum absolute atomic E-state index is 0.0105. The van der Waals surface area contributed by atoms with Gasteiger partial charge in [0.15, 0.2) is 5.78 Å². The first-order chi connectivity index (χ1) is 7.41. The lowest BCUT2D eigenvalue weighted by Gasteiger charge is -2.16. The highest BCUT2D eigenvalue weighted by molar-refractivity contribution is 6.07. The maximum atomic E-state index is 11.9. The Balaban J connectivity index is 3.45. The lowest BCUT2D eigenvalue weighted by molar-refractivity contribution is 0.0983. The molecule has 0 aromatic heterocycles. The Kier molecular flexibility index (Phi) is 3.42. The van der Waals surface area contributed by atoms with Gasteiger partial charge in [0.2, 0.25) is 0 Å². The molecule has 4 heteroatoms. The van der Waals surface area contributed by atoms with E-state index in [4.69, 9.17) is 17.2 Å². The first kappa shape index (κ1) is 12.4. The summed E-state index contributed by atoms with van der Waals surface area (Å²) in [5, 5.41) is 0. The molecule has 0 aliphatic rings. The first-order valence-corrected chi connectivity index (χ1v) is 5.38. The number of hydrogen-bond donors (Lipinski definition) is 3. The third-order valence-electron chi connectivity index (χ3n) is 2.91. The van der Waals surface area contributed by atoms with Crippen molar-refractivity contribution in [3.05, 3.63) is 16.7 Å². The zero-order valence-corrected chi connectivity index (χ0v) is 10.1. The maximum Gasteiger partial charge on any atom is 0.167 e. The van der Waals surface area contributed by atoms with Gasteiger partial charge in [0.1, 0.15) is 0 Å². The number of anilines is 3. The summed E-state index contributed by atoms with van der Waals surface area (Å²) in [5.41, 5.74) is 21.0. The van der Waals surface area contributed by atoms with Gasteiger partial charge in [0, 0.05) is 23.5 Å². The molecular weight excluding hydrogens is 202 g/mol. The summed E-state index contributed by atoms with van der Waals surface area (Å²) in [6.45, 7) is 5.56. The van der Waals surface area contributed by atoms with Gasteiger partial charge in [-0.05, 0) is 31.4 Å². The Bertz CT molecular complexity index is 409. The van der Waals surface area contributed by atoms with Crippen molar-refractivity contribution < 1.29 is 4.79 Å². The maximum absolute atomic E-state index is 11.9. The molecule has 0 bridgehead atoms. The van der Waals surface area contributed by atoms with Crippen LogP contribution >= 0.6 is 0 Å². The fourth-order valence-corrected chi connectivity index (χ4v) is 1.74. The molecule has 4 nitrogen and oxygen atoms in total. The zero-order chi connectivity index (χ0) is 12.5. The van der Waals surface area contributed by atoms with Crippen molar-refractivity contribution >= 4 is 22.8 Å². The summed E-state index contributed by atoms with van der Waals surface area (Å²) in [5.74, 6) is -0.0105. The van der Waals surface area contributed by atoms with Gasteiger partial charge < -0.3 is 17.2 Å². The highest BCUT2D eigenvalue weighted by atomic mass is 16.1. The van der Waals surface area contributed by atoms with E-state index in [9.17, 15) is 4.79 Å². The molecule has 0 atom stereocenters. The van der Waals surface area contributed by atoms with Crippen LogP contribution in [0.1, 0.15) is 41.3 Å². The third kappa shape index (κ3) is 1.83. The van der Waals surface area contributed by atoms with Gasteiger partial charge >= 0.3 is 0 Å². The number of carbonyl (C=O) groups is 1. The summed E-state index contributed by atoms with van der Waals surface area (Å²) in [6, 6.07) is 0. The first-order valence-electron chi connectivity index (χ1n) is 5.38. The summed E-state index contributed by atoms with van der Waals surface area (Å²) in [6.07, 6.45) is 1.23. The van der Waals surface area contributed by atoms with Crippen LogP contribution in [0.2, 0.25) is 0 Å². The molecule has 6 N–H and O–H groups in total. The summed E-state index contributed by atoms with van der Waals surface area (Å²) in [4.78, 5) is 11.9. The number of Topliss-reactive ketones (excluding diaryl/α,β-unsaturated/α-hetero) is 1. The number of rotatable bonds is 3. The van der Waals surface area contributed by atoms with Crippen molar-refractivity contribution in [2.75, 3.05) is 17.2 Å². The normalized spacial score (nSPS) is 10.4. The Morgan fingerprint density at radius 3 is 1.81 bits per heavy atom. The summed E-state index contributed by atoms with van der Waals surface area (Å²) < 4.78 is 0. The quantitative estimate of drug-likeness (QED) is 0.537. The van der Waals surface area contributed by atoms with Gasteiger partial charge in [-0.3, -0.25) is 4.79 Å². The average molecular weight is 221 g/mol. The van der Waals surface area contributed by atoms with Crippen LogP contribution in [-0.4, -0.2) is 5.78 Å². The number of hydrogen-bond acceptors (Lipinski definition) is 4. The fourth-order valence-electron chi connectivity index (χ4n) is 1.74. The van der Waals surface area contributed by atoms with Crippen molar-refractivity contribution in [2.24, 2.45) is 0 Å². The molecule has 1 aromatic carbocycles. The van der Waals surface area contributed by atoms with E-state index in [0.717, 1.165) is 17.5 Å². The average Bonchev–Trinajstić information content (AvgIpc) is 2.24. The molecular formula is C12H19N3O. The minimum atomic E-state index is -0.0105. The van der Waals surface area contributed by atoms with Crippen LogP contribution < -0.4 is 17.2 Å². The number of nitrogen functional groups attached to an aromatic ring is 3. The van der Waals surface area contributed by atoms with Crippen LogP contribution in [0, 0.1) is 13.8 Å². The van der Waals surface area contributed by atoms with Crippen LogP contribution in [0.25, 0.3) is 0 Å². The van der Waals surface area contributed by atoms with Crippen LogP contribution in [0.4, 0.5) is 17.1 Å². The molecule has 0 unspecified atom stereocenters. The van der Waals surface area contributed by atoms with E-state index in [0.29, 0.717) is 29.0 Å². The van der Waals surface area contributed by atoms with E-state index in [1.54, 1.807) is 13.8 Å². The predicted molar refractivity (Wildman–Crippen MR) is 68.4 cm³/mol. The van der Waals surface area contributed by atoms with E-state index in [1.807, 2.05) is 6.92 Å². The second-order valence-electron chi connectivity index (χ2n) is 4.04. The van der Waals surface area contributed by atoms with Gasteiger partial charge in [-0.25, -0.2) is 0 Å². The molecule has 0 amide bonds. The van der Waals surface area contributed by atoms with Crippen LogP contribution in [-0.2, 0) is 0 Å². The monoisotopic (exact) mass is 221 g/mol. The highest BCUT2D eigenvalue weighted by Crippen LogP contribution is 2.34. The second-order valence-corrected chi connectivity index (χ2v) is 4.04. The van der Waals surface area contributed by atoms with Gasteiger partial charge in [-0.2, -0.15) is 0 Å². The number of carbonyl (C=O) groups excluding carboxylic acids is 1. The van der Waals surface area contributed by atoms with Gasteiger partial charge in [0.25, 0.3) is 0 Å². The Labute approximate surface area is 95.8 Å². The molecule has 1 aromatic rings. The fraction of sp³-hybridized carbons (Fsp3) is 0.417. The van der Waals surface area contributed by atoms with Crippen molar-refractivity contribution in [1.82, 2.24) is 0 Å². The molecule has 88 valence electrons. The number of nitrogens with two attached hydrogens (primary N) is 3. The van der Waals surface area contributed by atoms with Crippen molar-refractivity contribution in [3.8, 4) is 0 Å². The molecule has 0 radical (unpaired) electrons. The van der Waals surface area contributed by atoms with Gasteiger partial charge in [-0.15, -0.1) is 0 Å². The van der Waals surface area contributed by atoms with E-state index in [1.165, 1.54) is 0 Å². The van der Waals surface area contributed by atoms with E-state index in [2.05, 4.69) is 0 Å². The van der Waals surface area contributed by atoms with Crippen molar-refractivity contribution in [2.45, 2.75) is 33.6 Å². The van der Waals surface area contributed by atoms with Crippen molar-refractivity contribution in [1.29, 1.82) is 0 Å². The SMILES string of the molecule is CCCC(=O)c1c(N)c(C)c(N)c(C)c1N. The lowest BCUT2D eigenvalue weighted by atomic mass is 9.95. The lowest BCUT2D eigenvalue weighted by Crippen LogP contribution is -2.12. The molecule has 0 heterocycles. The molecule has 1 rings (SSSR count).